The standard InChI is InChI=1S/C25H22N4O2/c30-24(27-23-12-5-4-11-21(23)19-8-2-1-3-9-19)13-7-17-29-25(31)15-14-22(28-29)20-10-6-16-26-18-20/h1-6,8-12,14-16,18H,7,13,17H2,(H,27,30). The van der Waals surface area contributed by atoms with Crippen LogP contribution < -0.4 is 10.9 Å². The van der Waals surface area contributed by atoms with E-state index < -0.39 is 0 Å². The number of hydrogen-bond acceptors (Lipinski definition) is 4. The highest BCUT2D eigenvalue weighted by Crippen LogP contribution is 2.27. The van der Waals surface area contributed by atoms with Crippen molar-refractivity contribution in [3.8, 4) is 22.4 Å². The number of pyridine rings is 1. The molecule has 6 heteroatoms. The molecular formula is C25H22N4O2. The van der Waals surface area contributed by atoms with Crippen molar-refractivity contribution >= 4 is 11.6 Å². The van der Waals surface area contributed by atoms with E-state index >= 15 is 0 Å². The van der Waals surface area contributed by atoms with Crippen molar-refractivity contribution in [1.82, 2.24) is 14.8 Å². The zero-order chi connectivity index (χ0) is 21.5. The lowest BCUT2D eigenvalue weighted by Gasteiger charge is -2.11. The summed E-state index contributed by atoms with van der Waals surface area (Å²) >= 11 is 0. The fraction of sp³-hybridized carbons (Fsp3) is 0.120. The number of aryl methyl sites for hydroxylation is 1. The Hall–Kier alpha value is -4.06. The molecule has 1 N–H and O–H groups in total. The Balaban J connectivity index is 1.39. The molecule has 0 aliphatic rings. The summed E-state index contributed by atoms with van der Waals surface area (Å²) in [4.78, 5) is 28.8. The molecule has 0 unspecified atom stereocenters. The lowest BCUT2D eigenvalue weighted by atomic mass is 10.0. The molecule has 0 aliphatic heterocycles. The van der Waals surface area contributed by atoms with Gasteiger partial charge in [0.1, 0.15) is 0 Å². The van der Waals surface area contributed by atoms with Crippen molar-refractivity contribution in [3.63, 3.8) is 0 Å². The summed E-state index contributed by atoms with van der Waals surface area (Å²) in [5.74, 6) is -0.0974. The summed E-state index contributed by atoms with van der Waals surface area (Å²) < 4.78 is 1.40. The quantitative estimate of drug-likeness (QED) is 0.490. The molecule has 2 aromatic carbocycles. The summed E-state index contributed by atoms with van der Waals surface area (Å²) in [6, 6.07) is 24.5. The summed E-state index contributed by atoms with van der Waals surface area (Å²) in [7, 11) is 0. The van der Waals surface area contributed by atoms with Crippen LogP contribution in [0.5, 0.6) is 0 Å². The molecule has 0 radical (unpaired) electrons. The van der Waals surface area contributed by atoms with Gasteiger partial charge in [0.2, 0.25) is 5.91 Å². The van der Waals surface area contributed by atoms with Crippen molar-refractivity contribution < 1.29 is 4.79 Å². The number of carbonyl (C=O) groups excluding carboxylic acids is 1. The van der Waals surface area contributed by atoms with E-state index in [9.17, 15) is 9.59 Å². The fourth-order valence-corrected chi connectivity index (χ4v) is 3.34. The molecule has 0 saturated heterocycles. The zero-order valence-electron chi connectivity index (χ0n) is 16.9. The van der Waals surface area contributed by atoms with Gasteiger partial charge in [0.15, 0.2) is 0 Å². The van der Waals surface area contributed by atoms with Crippen molar-refractivity contribution in [2.45, 2.75) is 19.4 Å². The first-order valence-electron chi connectivity index (χ1n) is 10.1. The molecular weight excluding hydrogens is 388 g/mol. The average molecular weight is 410 g/mol. The van der Waals surface area contributed by atoms with Gasteiger partial charge in [-0.05, 0) is 36.2 Å². The molecule has 0 bridgehead atoms. The molecule has 31 heavy (non-hydrogen) atoms. The van der Waals surface area contributed by atoms with Gasteiger partial charge in [-0.15, -0.1) is 0 Å². The van der Waals surface area contributed by atoms with Gasteiger partial charge in [0.05, 0.1) is 5.69 Å². The first-order valence-corrected chi connectivity index (χ1v) is 10.1. The minimum Gasteiger partial charge on any atom is -0.326 e. The van der Waals surface area contributed by atoms with E-state index in [0.29, 0.717) is 18.7 Å². The van der Waals surface area contributed by atoms with E-state index in [0.717, 1.165) is 22.4 Å². The number of nitrogens with zero attached hydrogens (tertiary/aromatic N) is 3. The number of hydrogen-bond donors (Lipinski definition) is 1. The van der Waals surface area contributed by atoms with Crippen molar-refractivity contribution in [2.75, 3.05) is 5.32 Å². The maximum absolute atomic E-state index is 12.5. The highest BCUT2D eigenvalue weighted by Gasteiger charge is 2.09. The van der Waals surface area contributed by atoms with Gasteiger partial charge in [-0.25, -0.2) is 4.68 Å². The second-order valence-corrected chi connectivity index (χ2v) is 7.08. The molecule has 4 aromatic rings. The fourth-order valence-electron chi connectivity index (χ4n) is 3.34. The van der Waals surface area contributed by atoms with Gasteiger partial charge in [-0.3, -0.25) is 14.6 Å². The van der Waals surface area contributed by atoms with E-state index in [1.54, 1.807) is 18.5 Å². The van der Waals surface area contributed by atoms with Crippen LogP contribution in [0.3, 0.4) is 0 Å². The molecule has 154 valence electrons. The normalized spacial score (nSPS) is 10.6. The van der Waals surface area contributed by atoms with Crippen LogP contribution in [0, 0.1) is 0 Å². The predicted octanol–water partition coefficient (Wildman–Crippen LogP) is 4.39. The number of aromatic nitrogens is 3. The van der Waals surface area contributed by atoms with Crippen LogP contribution in [-0.2, 0) is 11.3 Å². The van der Waals surface area contributed by atoms with Gasteiger partial charge >= 0.3 is 0 Å². The van der Waals surface area contributed by atoms with Crippen LogP contribution in [0.15, 0.2) is 96.1 Å². The maximum atomic E-state index is 12.5. The summed E-state index contributed by atoms with van der Waals surface area (Å²) in [6.45, 7) is 0.362. The van der Waals surface area contributed by atoms with E-state index in [1.165, 1.54) is 10.7 Å². The van der Waals surface area contributed by atoms with Gasteiger partial charge in [-0.1, -0.05) is 48.5 Å². The summed E-state index contributed by atoms with van der Waals surface area (Å²) in [6.07, 6.45) is 4.18. The topological polar surface area (TPSA) is 76.9 Å². The number of carbonyl (C=O) groups is 1. The molecule has 1 amide bonds. The maximum Gasteiger partial charge on any atom is 0.266 e. The van der Waals surface area contributed by atoms with E-state index in [-0.39, 0.29) is 17.9 Å². The summed E-state index contributed by atoms with van der Waals surface area (Å²) in [5.41, 5.74) is 4.11. The van der Waals surface area contributed by atoms with E-state index in [1.807, 2.05) is 66.7 Å². The number of rotatable bonds is 7. The van der Waals surface area contributed by atoms with E-state index in [2.05, 4.69) is 15.4 Å². The third-order valence-electron chi connectivity index (χ3n) is 4.88. The first-order chi connectivity index (χ1) is 15.2. The van der Waals surface area contributed by atoms with Gasteiger partial charge in [0.25, 0.3) is 5.56 Å². The highest BCUT2D eigenvalue weighted by atomic mass is 16.1. The molecule has 0 spiro atoms. The molecule has 2 heterocycles. The second kappa shape index (κ2) is 9.63. The number of anilines is 1. The minimum atomic E-state index is -0.192. The van der Waals surface area contributed by atoms with Crippen LogP contribution in [0.1, 0.15) is 12.8 Å². The van der Waals surface area contributed by atoms with Gasteiger partial charge in [-0.2, -0.15) is 5.10 Å². The molecule has 6 nitrogen and oxygen atoms in total. The Morgan fingerprint density at radius 2 is 1.65 bits per heavy atom. The first kappa shape index (κ1) is 20.2. The average Bonchev–Trinajstić information content (AvgIpc) is 2.82. The lowest BCUT2D eigenvalue weighted by Crippen LogP contribution is -2.23. The summed E-state index contributed by atoms with van der Waals surface area (Å²) in [5, 5.41) is 7.40. The molecule has 4 rings (SSSR count). The van der Waals surface area contributed by atoms with Gasteiger partial charge in [0, 0.05) is 48.2 Å². The Morgan fingerprint density at radius 3 is 2.45 bits per heavy atom. The van der Waals surface area contributed by atoms with Crippen LogP contribution in [-0.4, -0.2) is 20.7 Å². The lowest BCUT2D eigenvalue weighted by molar-refractivity contribution is -0.116. The Kier molecular flexibility index (Phi) is 6.28. The predicted molar refractivity (Wildman–Crippen MR) is 121 cm³/mol. The SMILES string of the molecule is O=C(CCCn1nc(-c2cccnc2)ccc1=O)Nc1ccccc1-c1ccccc1. The number of para-hydroxylation sites is 1. The minimum absolute atomic E-state index is 0.0974. The number of nitrogens with one attached hydrogen (secondary N) is 1. The Labute approximate surface area is 180 Å². The zero-order valence-corrected chi connectivity index (χ0v) is 16.9. The molecule has 0 atom stereocenters. The number of amides is 1. The van der Waals surface area contributed by atoms with Crippen molar-refractivity contribution in [2.24, 2.45) is 0 Å². The molecule has 0 saturated carbocycles. The van der Waals surface area contributed by atoms with Crippen molar-refractivity contribution in [3.05, 3.63) is 102 Å². The molecule has 2 aromatic heterocycles. The van der Waals surface area contributed by atoms with Crippen LogP contribution in [0.4, 0.5) is 5.69 Å². The third kappa shape index (κ3) is 5.11. The highest BCUT2D eigenvalue weighted by molar-refractivity contribution is 5.95. The smallest absolute Gasteiger partial charge is 0.266 e. The van der Waals surface area contributed by atoms with Crippen LogP contribution in [0.2, 0.25) is 0 Å². The van der Waals surface area contributed by atoms with Gasteiger partial charge < -0.3 is 5.32 Å². The monoisotopic (exact) mass is 410 g/mol. The number of benzene rings is 2. The molecule has 0 aliphatic carbocycles. The van der Waals surface area contributed by atoms with E-state index in [4.69, 9.17) is 0 Å². The van der Waals surface area contributed by atoms with Crippen molar-refractivity contribution in [1.29, 1.82) is 0 Å². The van der Waals surface area contributed by atoms with Crippen LogP contribution >= 0.6 is 0 Å². The second-order valence-electron chi connectivity index (χ2n) is 7.08. The third-order valence-corrected chi connectivity index (χ3v) is 4.88. The largest absolute Gasteiger partial charge is 0.326 e. The molecule has 0 fully saturated rings. The Morgan fingerprint density at radius 1 is 0.871 bits per heavy atom. The Bertz CT molecular complexity index is 1220. The van der Waals surface area contributed by atoms with Crippen LogP contribution in [0.25, 0.3) is 22.4 Å².